The molecule has 1 aromatic heterocycles. The minimum Gasteiger partial charge on any atom is -0.481 e. The lowest BCUT2D eigenvalue weighted by atomic mass is 10.1. The lowest BCUT2D eigenvalue weighted by Crippen LogP contribution is -2.26. The number of nitrogens with zero attached hydrogens (tertiary/aromatic N) is 1. The van der Waals surface area contributed by atoms with Crippen molar-refractivity contribution >= 4 is 34.3 Å². The van der Waals surface area contributed by atoms with Gasteiger partial charge in [-0.3, -0.25) is 19.7 Å². The van der Waals surface area contributed by atoms with Gasteiger partial charge in [0.1, 0.15) is 5.69 Å². The highest BCUT2D eigenvalue weighted by Crippen LogP contribution is 2.17. The van der Waals surface area contributed by atoms with E-state index in [-0.39, 0.29) is 24.6 Å². The fourth-order valence-electron chi connectivity index (χ4n) is 1.86. The number of carbonyl (C=O) groups is 3. The van der Waals surface area contributed by atoms with Crippen LogP contribution in [0.4, 0.5) is 5.13 Å². The summed E-state index contributed by atoms with van der Waals surface area (Å²) >= 11 is 1.13. The summed E-state index contributed by atoms with van der Waals surface area (Å²) in [6.45, 7) is 3.91. The van der Waals surface area contributed by atoms with E-state index in [9.17, 15) is 14.4 Å². The first-order valence-electron chi connectivity index (χ1n) is 7.21. The van der Waals surface area contributed by atoms with Gasteiger partial charge in [-0.1, -0.05) is 6.07 Å². The number of amides is 2. The van der Waals surface area contributed by atoms with E-state index in [1.165, 1.54) is 5.38 Å². The smallest absolute Gasteiger partial charge is 0.305 e. The summed E-state index contributed by atoms with van der Waals surface area (Å²) < 4.78 is 0. The summed E-state index contributed by atoms with van der Waals surface area (Å²) in [5.74, 6) is -1.76. The van der Waals surface area contributed by atoms with Crippen LogP contribution >= 0.6 is 11.3 Å². The topological polar surface area (TPSA) is 108 Å². The Balaban J connectivity index is 1.97. The monoisotopic (exact) mass is 347 g/mol. The number of thiazole rings is 1. The minimum atomic E-state index is -0.991. The molecule has 8 heteroatoms. The summed E-state index contributed by atoms with van der Waals surface area (Å²) in [5, 5.41) is 15.4. The van der Waals surface area contributed by atoms with E-state index in [2.05, 4.69) is 15.6 Å². The van der Waals surface area contributed by atoms with Gasteiger partial charge in [0.15, 0.2) is 5.13 Å². The number of anilines is 1. The lowest BCUT2D eigenvalue weighted by Gasteiger charge is -2.05. The second kappa shape index (κ2) is 7.69. The van der Waals surface area contributed by atoms with E-state index in [0.29, 0.717) is 10.7 Å². The van der Waals surface area contributed by atoms with Gasteiger partial charge >= 0.3 is 5.97 Å². The summed E-state index contributed by atoms with van der Waals surface area (Å²) in [7, 11) is 0. The molecule has 24 heavy (non-hydrogen) atoms. The number of carboxylic acid groups (broad SMARTS) is 1. The van der Waals surface area contributed by atoms with Crippen molar-refractivity contribution < 1.29 is 19.5 Å². The maximum Gasteiger partial charge on any atom is 0.305 e. The fourth-order valence-corrected chi connectivity index (χ4v) is 2.55. The van der Waals surface area contributed by atoms with Crippen molar-refractivity contribution in [2.75, 3.05) is 11.9 Å². The second-order valence-corrected chi connectivity index (χ2v) is 6.05. The Morgan fingerprint density at radius 1 is 1.17 bits per heavy atom. The molecule has 2 rings (SSSR count). The molecule has 126 valence electrons. The van der Waals surface area contributed by atoms with Crippen molar-refractivity contribution in [3.05, 3.63) is 46.0 Å². The highest BCUT2D eigenvalue weighted by Gasteiger charge is 2.13. The van der Waals surface area contributed by atoms with Crippen molar-refractivity contribution in [1.82, 2.24) is 10.3 Å². The van der Waals surface area contributed by atoms with Crippen LogP contribution in [0.1, 0.15) is 38.4 Å². The van der Waals surface area contributed by atoms with Gasteiger partial charge in [0, 0.05) is 17.5 Å². The quantitative estimate of drug-likeness (QED) is 0.742. The highest BCUT2D eigenvalue weighted by molar-refractivity contribution is 7.14. The molecule has 0 aliphatic rings. The molecule has 2 amide bonds. The van der Waals surface area contributed by atoms with Gasteiger partial charge < -0.3 is 10.4 Å². The van der Waals surface area contributed by atoms with Crippen molar-refractivity contribution in [1.29, 1.82) is 0 Å². The number of aromatic nitrogens is 1. The predicted octanol–water partition coefficient (Wildman–Crippen LogP) is 2.22. The van der Waals surface area contributed by atoms with Crippen molar-refractivity contribution in [3.8, 4) is 0 Å². The Kier molecular flexibility index (Phi) is 5.64. The van der Waals surface area contributed by atoms with E-state index < -0.39 is 11.9 Å². The molecule has 0 aliphatic carbocycles. The molecule has 1 aromatic carbocycles. The van der Waals surface area contributed by atoms with Crippen LogP contribution in [-0.2, 0) is 4.79 Å². The first-order chi connectivity index (χ1) is 11.4. The molecule has 0 spiro atoms. The number of hydrogen-bond acceptors (Lipinski definition) is 5. The molecule has 7 nitrogen and oxygen atoms in total. The van der Waals surface area contributed by atoms with Crippen LogP contribution in [0.25, 0.3) is 0 Å². The van der Waals surface area contributed by atoms with E-state index >= 15 is 0 Å². The first-order valence-corrected chi connectivity index (χ1v) is 8.09. The van der Waals surface area contributed by atoms with Crippen LogP contribution < -0.4 is 10.6 Å². The molecule has 3 N–H and O–H groups in total. The fraction of sp³-hybridized carbons (Fsp3) is 0.250. The number of aryl methyl sites for hydroxylation is 2. The van der Waals surface area contributed by atoms with E-state index in [4.69, 9.17) is 5.11 Å². The lowest BCUT2D eigenvalue weighted by molar-refractivity contribution is -0.136. The van der Waals surface area contributed by atoms with Gasteiger partial charge in [-0.15, -0.1) is 11.3 Å². The molecule has 1 heterocycles. The first kappa shape index (κ1) is 17.6. The average molecular weight is 347 g/mol. The van der Waals surface area contributed by atoms with Crippen LogP contribution in [-0.4, -0.2) is 34.4 Å². The molecular weight excluding hydrogens is 330 g/mol. The maximum atomic E-state index is 12.2. The van der Waals surface area contributed by atoms with Crippen LogP contribution in [0.5, 0.6) is 0 Å². The number of aliphatic carboxylic acids is 1. The predicted molar refractivity (Wildman–Crippen MR) is 90.6 cm³/mol. The molecule has 0 saturated carbocycles. The molecule has 2 aromatic rings. The van der Waals surface area contributed by atoms with Crippen molar-refractivity contribution in [3.63, 3.8) is 0 Å². The van der Waals surface area contributed by atoms with E-state index in [1.54, 1.807) is 12.1 Å². The summed E-state index contributed by atoms with van der Waals surface area (Å²) in [5.41, 5.74) is 2.77. The van der Waals surface area contributed by atoms with Gasteiger partial charge in [0.25, 0.3) is 11.8 Å². The van der Waals surface area contributed by atoms with Crippen LogP contribution in [0.15, 0.2) is 23.6 Å². The Bertz CT molecular complexity index is 785. The molecule has 0 aliphatic heterocycles. The molecule has 0 atom stereocenters. The largest absolute Gasteiger partial charge is 0.481 e. The molecular formula is C16H17N3O4S. The molecule has 0 radical (unpaired) electrons. The normalized spacial score (nSPS) is 10.2. The van der Waals surface area contributed by atoms with Crippen molar-refractivity contribution in [2.45, 2.75) is 20.3 Å². The Morgan fingerprint density at radius 2 is 1.92 bits per heavy atom. The number of carbonyl (C=O) groups excluding carboxylic acids is 2. The molecule has 0 fully saturated rings. The molecule has 0 bridgehead atoms. The summed E-state index contributed by atoms with van der Waals surface area (Å²) in [4.78, 5) is 38.4. The van der Waals surface area contributed by atoms with E-state index in [0.717, 1.165) is 22.5 Å². The summed E-state index contributed by atoms with van der Waals surface area (Å²) in [6, 6.07) is 5.38. The average Bonchev–Trinajstić information content (AvgIpc) is 2.98. The number of rotatable bonds is 6. The van der Waals surface area contributed by atoms with Gasteiger partial charge in [-0.25, -0.2) is 4.98 Å². The minimum absolute atomic E-state index is 0.0238. The SMILES string of the molecule is Cc1ccc(C(=O)Nc2nc(C(=O)NCCC(=O)O)cs2)cc1C. The van der Waals surface area contributed by atoms with E-state index in [1.807, 2.05) is 19.9 Å². The molecule has 0 unspecified atom stereocenters. The maximum absolute atomic E-state index is 12.2. The van der Waals surface area contributed by atoms with Gasteiger partial charge in [-0.05, 0) is 37.1 Å². The zero-order valence-electron chi connectivity index (χ0n) is 13.3. The number of benzene rings is 1. The van der Waals surface area contributed by atoms with Crippen molar-refractivity contribution in [2.24, 2.45) is 0 Å². The highest BCUT2D eigenvalue weighted by atomic mass is 32.1. The standard InChI is InChI=1S/C16H17N3O4S/c1-9-3-4-11(7-10(9)2)14(22)19-16-18-12(8-24-16)15(23)17-6-5-13(20)21/h3-4,7-8H,5-6H2,1-2H3,(H,17,23)(H,20,21)(H,18,19,22). The van der Waals surface area contributed by atoms with Crippen LogP contribution in [0, 0.1) is 13.8 Å². The Hall–Kier alpha value is -2.74. The third kappa shape index (κ3) is 4.63. The Morgan fingerprint density at radius 3 is 2.58 bits per heavy atom. The molecule has 0 saturated heterocycles. The zero-order valence-corrected chi connectivity index (χ0v) is 14.1. The second-order valence-electron chi connectivity index (χ2n) is 5.19. The van der Waals surface area contributed by atoms with Gasteiger partial charge in [0.2, 0.25) is 0 Å². The zero-order chi connectivity index (χ0) is 17.7. The third-order valence-electron chi connectivity index (χ3n) is 3.35. The summed E-state index contributed by atoms with van der Waals surface area (Å²) in [6.07, 6.45) is -0.160. The van der Waals surface area contributed by atoms with Gasteiger partial charge in [-0.2, -0.15) is 0 Å². The Labute approximate surface area is 142 Å². The van der Waals surface area contributed by atoms with Crippen LogP contribution in [0.3, 0.4) is 0 Å². The van der Waals surface area contributed by atoms with Crippen LogP contribution in [0.2, 0.25) is 0 Å². The number of nitrogens with one attached hydrogen (secondary N) is 2. The number of carboxylic acids is 1. The number of hydrogen-bond donors (Lipinski definition) is 3. The van der Waals surface area contributed by atoms with Gasteiger partial charge in [0.05, 0.1) is 6.42 Å². The third-order valence-corrected chi connectivity index (χ3v) is 4.11.